The molecule has 0 aromatic carbocycles. The second-order valence-corrected chi connectivity index (χ2v) is 7.25. The van der Waals surface area contributed by atoms with Gasteiger partial charge in [0.2, 0.25) is 0 Å². The highest BCUT2D eigenvalue weighted by Crippen LogP contribution is 2.31. The summed E-state index contributed by atoms with van der Waals surface area (Å²) in [4.78, 5) is 0. The number of hydrogen-bond acceptors (Lipinski definition) is 4. The molecular formula is C12H20N4O2S. The first-order valence-corrected chi connectivity index (χ1v) is 8.32. The predicted octanol–water partition coefficient (Wildman–Crippen LogP) is 0.703. The monoisotopic (exact) mass is 284 g/mol. The van der Waals surface area contributed by atoms with Crippen LogP contribution in [0.15, 0.2) is 17.3 Å². The van der Waals surface area contributed by atoms with Crippen molar-refractivity contribution in [2.24, 2.45) is 0 Å². The first kappa shape index (κ1) is 13.1. The summed E-state index contributed by atoms with van der Waals surface area (Å²) in [6, 6.07) is 2.59. The van der Waals surface area contributed by atoms with Crippen LogP contribution in [0.1, 0.15) is 32.6 Å². The minimum absolute atomic E-state index is 0.108. The molecule has 3 rings (SSSR count). The quantitative estimate of drug-likeness (QED) is 0.853. The highest BCUT2D eigenvalue weighted by atomic mass is 32.2. The van der Waals surface area contributed by atoms with E-state index < -0.39 is 10.0 Å². The third kappa shape index (κ3) is 2.30. The minimum atomic E-state index is -3.44. The Morgan fingerprint density at radius 3 is 2.58 bits per heavy atom. The van der Waals surface area contributed by atoms with Gasteiger partial charge in [-0.3, -0.25) is 5.10 Å². The SMILES string of the molecule is CCN(C1CC2CCC(C1)N2)S(=O)(=O)c1ccn[nH]1. The van der Waals surface area contributed by atoms with Crippen LogP contribution in [0.5, 0.6) is 0 Å². The van der Waals surface area contributed by atoms with Gasteiger partial charge in [-0.1, -0.05) is 6.92 Å². The molecule has 0 spiro atoms. The van der Waals surface area contributed by atoms with Gasteiger partial charge in [0, 0.05) is 24.7 Å². The van der Waals surface area contributed by atoms with Crippen molar-refractivity contribution in [2.75, 3.05) is 6.54 Å². The standard InChI is InChI=1S/C12H20N4O2S/c1-2-16(19(17,18)12-5-6-13-15-12)11-7-9-3-4-10(8-11)14-9/h5-6,9-11,14H,2-4,7-8H2,1H3,(H,13,15). The van der Waals surface area contributed by atoms with Gasteiger partial charge < -0.3 is 5.32 Å². The Kier molecular flexibility index (Phi) is 3.36. The van der Waals surface area contributed by atoms with E-state index in [9.17, 15) is 8.42 Å². The van der Waals surface area contributed by atoms with Crippen molar-refractivity contribution >= 4 is 10.0 Å². The van der Waals surface area contributed by atoms with Gasteiger partial charge in [0.25, 0.3) is 10.0 Å². The summed E-state index contributed by atoms with van der Waals surface area (Å²) >= 11 is 0. The third-order valence-corrected chi connectivity index (χ3v) is 6.19. The predicted molar refractivity (Wildman–Crippen MR) is 71.1 cm³/mol. The summed E-state index contributed by atoms with van der Waals surface area (Å²) in [7, 11) is -3.44. The molecule has 106 valence electrons. The van der Waals surface area contributed by atoms with E-state index >= 15 is 0 Å². The lowest BCUT2D eigenvalue weighted by atomic mass is 10.00. The van der Waals surface area contributed by atoms with Gasteiger partial charge in [0.05, 0.1) is 6.20 Å². The van der Waals surface area contributed by atoms with Crippen molar-refractivity contribution in [1.82, 2.24) is 19.8 Å². The van der Waals surface area contributed by atoms with Crippen LogP contribution >= 0.6 is 0 Å². The molecule has 0 saturated carbocycles. The van der Waals surface area contributed by atoms with E-state index in [1.807, 2.05) is 6.92 Å². The smallest absolute Gasteiger partial charge is 0.260 e. The molecule has 2 saturated heterocycles. The Balaban J connectivity index is 1.85. The van der Waals surface area contributed by atoms with E-state index in [1.54, 1.807) is 4.31 Å². The van der Waals surface area contributed by atoms with Crippen LogP contribution in [0.4, 0.5) is 0 Å². The Hall–Kier alpha value is -0.920. The van der Waals surface area contributed by atoms with Gasteiger partial charge in [0.15, 0.2) is 5.03 Å². The summed E-state index contributed by atoms with van der Waals surface area (Å²) in [5.74, 6) is 0. The second-order valence-electron chi connectivity index (χ2n) is 5.39. The number of aromatic amines is 1. The van der Waals surface area contributed by atoms with Crippen LogP contribution < -0.4 is 5.32 Å². The topological polar surface area (TPSA) is 78.1 Å². The van der Waals surface area contributed by atoms with Gasteiger partial charge in [-0.25, -0.2) is 8.42 Å². The molecule has 19 heavy (non-hydrogen) atoms. The average molecular weight is 284 g/mol. The summed E-state index contributed by atoms with van der Waals surface area (Å²) in [5, 5.41) is 10.1. The average Bonchev–Trinajstić information content (AvgIpc) is 3.00. The Labute approximate surface area is 113 Å². The lowest BCUT2D eigenvalue weighted by Gasteiger charge is -2.36. The molecule has 0 amide bonds. The fourth-order valence-electron chi connectivity index (χ4n) is 3.40. The lowest BCUT2D eigenvalue weighted by molar-refractivity contribution is 0.232. The van der Waals surface area contributed by atoms with Crippen molar-refractivity contribution in [3.8, 4) is 0 Å². The normalized spacial score (nSPS) is 30.9. The van der Waals surface area contributed by atoms with Crippen molar-refractivity contribution < 1.29 is 8.42 Å². The molecule has 2 fully saturated rings. The highest BCUT2D eigenvalue weighted by molar-refractivity contribution is 7.89. The zero-order valence-corrected chi connectivity index (χ0v) is 11.9. The molecule has 2 unspecified atom stereocenters. The van der Waals surface area contributed by atoms with E-state index in [0.29, 0.717) is 18.6 Å². The second kappa shape index (κ2) is 4.88. The first-order chi connectivity index (χ1) is 9.11. The number of fused-ring (bicyclic) bond motifs is 2. The van der Waals surface area contributed by atoms with Crippen molar-refractivity contribution in [2.45, 2.75) is 55.8 Å². The maximum Gasteiger partial charge on any atom is 0.260 e. The van der Waals surface area contributed by atoms with E-state index in [0.717, 1.165) is 12.8 Å². The van der Waals surface area contributed by atoms with Crippen LogP contribution in [0.3, 0.4) is 0 Å². The van der Waals surface area contributed by atoms with Crippen LogP contribution in [0, 0.1) is 0 Å². The van der Waals surface area contributed by atoms with Crippen molar-refractivity contribution in [3.63, 3.8) is 0 Å². The van der Waals surface area contributed by atoms with Gasteiger partial charge >= 0.3 is 0 Å². The molecule has 2 aliphatic heterocycles. The number of sulfonamides is 1. The number of aromatic nitrogens is 2. The molecular weight excluding hydrogens is 264 g/mol. The first-order valence-electron chi connectivity index (χ1n) is 6.88. The number of nitrogens with one attached hydrogen (secondary N) is 2. The van der Waals surface area contributed by atoms with Gasteiger partial charge in [-0.15, -0.1) is 0 Å². The Bertz CT molecular complexity index is 516. The molecule has 2 N–H and O–H groups in total. The summed E-state index contributed by atoms with van der Waals surface area (Å²) in [5.41, 5.74) is 0. The van der Waals surface area contributed by atoms with Gasteiger partial charge in [0.1, 0.15) is 0 Å². The molecule has 1 aromatic heterocycles. The fraction of sp³-hybridized carbons (Fsp3) is 0.750. The van der Waals surface area contributed by atoms with Crippen LogP contribution in [-0.4, -0.2) is 47.6 Å². The van der Waals surface area contributed by atoms with Crippen LogP contribution in [-0.2, 0) is 10.0 Å². The zero-order valence-electron chi connectivity index (χ0n) is 11.0. The number of nitrogens with zero attached hydrogens (tertiary/aromatic N) is 2. The molecule has 2 aliphatic rings. The molecule has 0 radical (unpaired) electrons. The van der Waals surface area contributed by atoms with Crippen molar-refractivity contribution in [3.05, 3.63) is 12.3 Å². The maximum absolute atomic E-state index is 12.6. The molecule has 7 heteroatoms. The summed E-state index contributed by atoms with van der Waals surface area (Å²) < 4.78 is 26.8. The van der Waals surface area contributed by atoms with E-state index in [2.05, 4.69) is 15.5 Å². The van der Waals surface area contributed by atoms with Gasteiger partial charge in [-0.05, 0) is 31.7 Å². The zero-order chi connectivity index (χ0) is 13.5. The molecule has 0 aliphatic carbocycles. The molecule has 2 bridgehead atoms. The maximum atomic E-state index is 12.6. The number of hydrogen-bond donors (Lipinski definition) is 2. The highest BCUT2D eigenvalue weighted by Gasteiger charge is 2.40. The number of rotatable bonds is 4. The van der Waals surface area contributed by atoms with Gasteiger partial charge in [-0.2, -0.15) is 9.40 Å². The Morgan fingerprint density at radius 2 is 2.05 bits per heavy atom. The molecule has 6 nitrogen and oxygen atoms in total. The summed E-state index contributed by atoms with van der Waals surface area (Å²) in [6.07, 6.45) is 5.65. The summed E-state index contributed by atoms with van der Waals surface area (Å²) in [6.45, 7) is 2.41. The van der Waals surface area contributed by atoms with E-state index in [1.165, 1.54) is 25.1 Å². The number of piperidine rings is 1. The Morgan fingerprint density at radius 1 is 1.37 bits per heavy atom. The largest absolute Gasteiger partial charge is 0.311 e. The molecule has 1 aromatic rings. The molecule has 2 atom stereocenters. The number of H-pyrrole nitrogens is 1. The van der Waals surface area contributed by atoms with E-state index in [-0.39, 0.29) is 11.1 Å². The van der Waals surface area contributed by atoms with Crippen molar-refractivity contribution in [1.29, 1.82) is 0 Å². The van der Waals surface area contributed by atoms with Crippen LogP contribution in [0.25, 0.3) is 0 Å². The molecule has 3 heterocycles. The minimum Gasteiger partial charge on any atom is -0.311 e. The third-order valence-electron chi connectivity index (χ3n) is 4.23. The van der Waals surface area contributed by atoms with E-state index in [4.69, 9.17) is 0 Å². The van der Waals surface area contributed by atoms with Crippen LogP contribution in [0.2, 0.25) is 0 Å². The lowest BCUT2D eigenvalue weighted by Crippen LogP contribution is -2.50. The fourth-order valence-corrected chi connectivity index (χ4v) is 4.96.